The summed E-state index contributed by atoms with van der Waals surface area (Å²) in [4.78, 5) is 29.7. The van der Waals surface area contributed by atoms with Crippen LogP contribution in [-0.4, -0.2) is 31.0 Å². The molecule has 0 fully saturated rings. The molecule has 0 bridgehead atoms. The Balaban J connectivity index is 1.98. The summed E-state index contributed by atoms with van der Waals surface area (Å²) >= 11 is 0. The molecule has 118 valence electrons. The van der Waals surface area contributed by atoms with Crippen molar-refractivity contribution in [3.8, 4) is 0 Å². The third-order valence-corrected chi connectivity index (χ3v) is 4.71. The lowest BCUT2D eigenvalue weighted by Gasteiger charge is -2.15. The number of pyridine rings is 1. The highest BCUT2D eigenvalue weighted by molar-refractivity contribution is 7.92. The van der Waals surface area contributed by atoms with E-state index in [4.69, 9.17) is 0 Å². The summed E-state index contributed by atoms with van der Waals surface area (Å²) in [6.45, 7) is 1.52. The number of imide groups is 1. The van der Waals surface area contributed by atoms with Crippen molar-refractivity contribution in [3.63, 3.8) is 0 Å². The van der Waals surface area contributed by atoms with E-state index in [1.165, 1.54) is 25.3 Å². The Kier molecular flexibility index (Phi) is 3.61. The Bertz CT molecular complexity index is 873. The quantitative estimate of drug-likeness (QED) is 0.859. The van der Waals surface area contributed by atoms with Gasteiger partial charge in [0.15, 0.2) is 0 Å². The Morgan fingerprint density at radius 1 is 1.13 bits per heavy atom. The number of nitrogens with one attached hydrogen (secondary N) is 1. The Morgan fingerprint density at radius 3 is 2.61 bits per heavy atom. The van der Waals surface area contributed by atoms with Gasteiger partial charge in [0.05, 0.1) is 22.7 Å². The smallest absolute Gasteiger partial charge is 0.283 e. The van der Waals surface area contributed by atoms with Crippen LogP contribution in [0, 0.1) is 0 Å². The highest BCUT2D eigenvalue weighted by atomic mass is 32.2. The van der Waals surface area contributed by atoms with Crippen molar-refractivity contribution in [3.05, 3.63) is 53.9 Å². The standard InChI is InChI=1S/C15H13N3O4S/c1-2-23(21,22)17-10-5-3-6-11(9-10)18-14(19)12-7-4-8-16-13(12)15(18)20/h3-9,17H,2H2,1H3. The van der Waals surface area contributed by atoms with Crippen LogP contribution in [0.25, 0.3) is 0 Å². The van der Waals surface area contributed by atoms with Gasteiger partial charge < -0.3 is 0 Å². The van der Waals surface area contributed by atoms with E-state index in [-0.39, 0.29) is 28.4 Å². The van der Waals surface area contributed by atoms with Crippen LogP contribution in [0.15, 0.2) is 42.6 Å². The second kappa shape index (κ2) is 5.47. The van der Waals surface area contributed by atoms with E-state index in [0.29, 0.717) is 0 Å². The van der Waals surface area contributed by atoms with Crippen molar-refractivity contribution >= 4 is 33.2 Å². The molecule has 1 aromatic carbocycles. The van der Waals surface area contributed by atoms with Gasteiger partial charge in [-0.2, -0.15) is 0 Å². The van der Waals surface area contributed by atoms with Gasteiger partial charge in [0.1, 0.15) is 5.69 Å². The molecule has 0 atom stereocenters. The van der Waals surface area contributed by atoms with Gasteiger partial charge in [0, 0.05) is 6.20 Å². The minimum absolute atomic E-state index is 0.0752. The molecular weight excluding hydrogens is 318 g/mol. The second-order valence-corrected chi connectivity index (χ2v) is 6.91. The molecule has 0 spiro atoms. The number of amides is 2. The number of rotatable bonds is 4. The van der Waals surface area contributed by atoms with E-state index in [2.05, 4.69) is 9.71 Å². The predicted molar refractivity (Wildman–Crippen MR) is 84.9 cm³/mol. The maximum absolute atomic E-state index is 12.4. The zero-order valence-corrected chi connectivity index (χ0v) is 13.0. The Morgan fingerprint density at radius 2 is 1.91 bits per heavy atom. The molecule has 0 aliphatic carbocycles. The molecular formula is C15H13N3O4S. The van der Waals surface area contributed by atoms with Crippen molar-refractivity contribution < 1.29 is 18.0 Å². The van der Waals surface area contributed by atoms with E-state index in [9.17, 15) is 18.0 Å². The molecule has 1 aliphatic rings. The van der Waals surface area contributed by atoms with Crippen molar-refractivity contribution in [2.75, 3.05) is 15.4 Å². The van der Waals surface area contributed by atoms with Crippen LogP contribution < -0.4 is 9.62 Å². The van der Waals surface area contributed by atoms with Crippen LogP contribution in [0.5, 0.6) is 0 Å². The van der Waals surface area contributed by atoms with E-state index in [0.717, 1.165) is 4.90 Å². The number of nitrogens with zero attached hydrogens (tertiary/aromatic N) is 2. The first-order valence-electron chi connectivity index (χ1n) is 6.87. The van der Waals surface area contributed by atoms with E-state index in [1.54, 1.807) is 24.3 Å². The summed E-state index contributed by atoms with van der Waals surface area (Å²) in [6.07, 6.45) is 1.44. The van der Waals surface area contributed by atoms with Crippen LogP contribution in [0.2, 0.25) is 0 Å². The maximum atomic E-state index is 12.4. The van der Waals surface area contributed by atoms with Crippen LogP contribution in [-0.2, 0) is 10.0 Å². The number of aromatic nitrogens is 1. The first-order chi connectivity index (χ1) is 10.9. The molecule has 1 N–H and O–H groups in total. The summed E-state index contributed by atoms with van der Waals surface area (Å²) < 4.78 is 25.7. The Labute approximate surface area is 133 Å². The highest BCUT2D eigenvalue weighted by Gasteiger charge is 2.37. The van der Waals surface area contributed by atoms with Gasteiger partial charge in [0.2, 0.25) is 10.0 Å². The molecule has 3 rings (SSSR count). The van der Waals surface area contributed by atoms with Crippen LogP contribution in [0.3, 0.4) is 0 Å². The molecule has 8 heteroatoms. The zero-order chi connectivity index (χ0) is 16.6. The number of fused-ring (bicyclic) bond motifs is 1. The molecule has 2 amide bonds. The topological polar surface area (TPSA) is 96.4 Å². The predicted octanol–water partition coefficient (Wildman–Crippen LogP) is 1.64. The normalized spacial score (nSPS) is 14.0. The fraction of sp³-hybridized carbons (Fsp3) is 0.133. The molecule has 1 aliphatic heterocycles. The minimum atomic E-state index is -3.44. The summed E-state index contributed by atoms with van der Waals surface area (Å²) in [5.41, 5.74) is 0.900. The largest absolute Gasteiger partial charge is 0.284 e. The van der Waals surface area contributed by atoms with Crippen LogP contribution >= 0.6 is 0 Å². The molecule has 0 radical (unpaired) electrons. The number of benzene rings is 1. The summed E-state index contributed by atoms with van der Waals surface area (Å²) in [7, 11) is -3.44. The number of carbonyl (C=O) groups is 2. The average Bonchev–Trinajstić information content (AvgIpc) is 2.79. The summed E-state index contributed by atoms with van der Waals surface area (Å²) in [5, 5.41) is 0. The van der Waals surface area contributed by atoms with Gasteiger partial charge in [-0.15, -0.1) is 0 Å². The Hall–Kier alpha value is -2.74. The van der Waals surface area contributed by atoms with Crippen molar-refractivity contribution in [1.29, 1.82) is 0 Å². The van der Waals surface area contributed by atoms with E-state index < -0.39 is 21.8 Å². The molecule has 0 unspecified atom stereocenters. The molecule has 7 nitrogen and oxygen atoms in total. The molecule has 0 saturated carbocycles. The van der Waals surface area contributed by atoms with Crippen LogP contribution in [0.1, 0.15) is 27.8 Å². The minimum Gasteiger partial charge on any atom is -0.283 e. The molecule has 1 aromatic heterocycles. The van der Waals surface area contributed by atoms with Crippen LogP contribution in [0.4, 0.5) is 11.4 Å². The van der Waals surface area contributed by atoms with Gasteiger partial charge in [-0.3, -0.25) is 19.3 Å². The van der Waals surface area contributed by atoms with Crippen molar-refractivity contribution in [1.82, 2.24) is 4.98 Å². The third-order valence-electron chi connectivity index (χ3n) is 3.40. The number of hydrogen-bond donors (Lipinski definition) is 1. The summed E-state index contributed by atoms with van der Waals surface area (Å²) in [6, 6.07) is 9.23. The molecule has 23 heavy (non-hydrogen) atoms. The third kappa shape index (κ3) is 2.68. The van der Waals surface area contributed by atoms with E-state index >= 15 is 0 Å². The number of carbonyl (C=O) groups excluding carboxylic acids is 2. The SMILES string of the molecule is CCS(=O)(=O)Nc1cccc(N2C(=O)c3cccnc3C2=O)c1. The van der Waals surface area contributed by atoms with E-state index in [1.807, 2.05) is 0 Å². The lowest BCUT2D eigenvalue weighted by atomic mass is 10.2. The molecule has 0 saturated heterocycles. The molecule has 2 aromatic rings. The average molecular weight is 331 g/mol. The lowest BCUT2D eigenvalue weighted by Crippen LogP contribution is -2.29. The second-order valence-electron chi connectivity index (χ2n) is 4.90. The number of anilines is 2. The van der Waals surface area contributed by atoms with Gasteiger partial charge >= 0.3 is 0 Å². The maximum Gasteiger partial charge on any atom is 0.284 e. The van der Waals surface area contributed by atoms with Crippen molar-refractivity contribution in [2.45, 2.75) is 6.92 Å². The number of hydrogen-bond acceptors (Lipinski definition) is 5. The van der Waals surface area contributed by atoms with Gasteiger partial charge in [0.25, 0.3) is 11.8 Å². The fourth-order valence-corrected chi connectivity index (χ4v) is 2.89. The lowest BCUT2D eigenvalue weighted by molar-refractivity contribution is 0.0924. The first-order valence-corrected chi connectivity index (χ1v) is 8.52. The fourth-order valence-electron chi connectivity index (χ4n) is 2.26. The summed E-state index contributed by atoms with van der Waals surface area (Å²) in [5.74, 6) is -1.08. The van der Waals surface area contributed by atoms with Gasteiger partial charge in [-0.25, -0.2) is 13.3 Å². The van der Waals surface area contributed by atoms with Crippen molar-refractivity contribution in [2.24, 2.45) is 0 Å². The molecule has 2 heterocycles. The number of sulfonamides is 1. The van der Waals surface area contributed by atoms with Gasteiger partial charge in [-0.05, 0) is 37.3 Å². The van der Waals surface area contributed by atoms with Gasteiger partial charge in [-0.1, -0.05) is 6.07 Å². The first kappa shape index (κ1) is 15.2. The zero-order valence-electron chi connectivity index (χ0n) is 12.2. The highest BCUT2D eigenvalue weighted by Crippen LogP contribution is 2.28. The monoisotopic (exact) mass is 331 g/mol.